The second-order valence-electron chi connectivity index (χ2n) is 5.34. The third-order valence-electron chi connectivity index (χ3n) is 4.03. The van der Waals surface area contributed by atoms with Gasteiger partial charge in [-0.3, -0.25) is 14.3 Å². The Bertz CT molecular complexity index is 744. The number of imidazole rings is 1. The summed E-state index contributed by atoms with van der Waals surface area (Å²) in [7, 11) is 3.13. The van der Waals surface area contributed by atoms with Gasteiger partial charge in [-0.15, -0.1) is 0 Å². The number of aliphatic hydroxyl groups is 1. The Morgan fingerprint density at radius 2 is 2.30 bits per heavy atom. The summed E-state index contributed by atoms with van der Waals surface area (Å²) >= 11 is 0. The molecule has 2 aromatic heterocycles. The van der Waals surface area contributed by atoms with Crippen molar-refractivity contribution in [1.29, 1.82) is 0 Å². The van der Waals surface area contributed by atoms with E-state index in [-0.39, 0.29) is 24.0 Å². The highest BCUT2D eigenvalue weighted by molar-refractivity contribution is 5.70. The van der Waals surface area contributed by atoms with Gasteiger partial charge in [0.25, 0.3) is 5.56 Å². The summed E-state index contributed by atoms with van der Waals surface area (Å²) in [4.78, 5) is 22.5. The fraction of sp³-hybridized carbons (Fsp3) is 0.615. The van der Waals surface area contributed by atoms with E-state index in [1.165, 1.54) is 6.33 Å². The second kappa shape index (κ2) is 6.24. The first-order valence-electron chi connectivity index (χ1n) is 7.11. The molecule has 23 heavy (non-hydrogen) atoms. The Balaban J connectivity index is 2.05. The van der Waals surface area contributed by atoms with Gasteiger partial charge in [0.2, 0.25) is 5.95 Å². The number of anilines is 1. The van der Waals surface area contributed by atoms with Crippen molar-refractivity contribution in [3.05, 3.63) is 16.7 Å². The highest BCUT2D eigenvalue weighted by Gasteiger charge is 2.46. The van der Waals surface area contributed by atoms with Crippen molar-refractivity contribution in [3.8, 4) is 0 Å². The topological polar surface area (TPSA) is 138 Å². The number of nitrogens with zero attached hydrogens (tertiary/aromatic N) is 3. The molecule has 1 fully saturated rings. The monoisotopic (exact) mass is 325 g/mol. The first kappa shape index (κ1) is 15.9. The van der Waals surface area contributed by atoms with Gasteiger partial charge in [0.05, 0.1) is 25.6 Å². The molecule has 0 aromatic carbocycles. The van der Waals surface area contributed by atoms with Gasteiger partial charge in [0, 0.05) is 20.1 Å². The van der Waals surface area contributed by atoms with E-state index in [2.05, 4.69) is 15.0 Å². The lowest BCUT2D eigenvalue weighted by atomic mass is 9.99. The molecule has 4 atom stereocenters. The standard InChI is InChI=1S/C13H19N5O5/c1-21-4-6-7(3-19)23-12(9(6)22-2)18-5-15-8-10(18)16-13(14)17-11(8)20/h5-7,9,12,19H,3-4H2,1-2H3,(H3,14,16,17,20)/t6-,7-,9-,12-/m1/s1. The van der Waals surface area contributed by atoms with Crippen LogP contribution in [0.5, 0.6) is 0 Å². The molecule has 1 aliphatic rings. The summed E-state index contributed by atoms with van der Waals surface area (Å²) in [6.45, 7) is 0.191. The number of H-pyrrole nitrogens is 1. The summed E-state index contributed by atoms with van der Waals surface area (Å²) < 4.78 is 18.2. The predicted octanol–water partition coefficient (Wildman–Crippen LogP) is -1.13. The number of aromatic amines is 1. The van der Waals surface area contributed by atoms with Gasteiger partial charge < -0.3 is 25.1 Å². The quantitative estimate of drug-likeness (QED) is 0.628. The van der Waals surface area contributed by atoms with Crippen LogP contribution >= 0.6 is 0 Å². The molecule has 0 saturated carbocycles. The Labute approximate surface area is 131 Å². The Morgan fingerprint density at radius 3 is 2.96 bits per heavy atom. The molecule has 0 spiro atoms. The van der Waals surface area contributed by atoms with Gasteiger partial charge in [0.15, 0.2) is 17.4 Å². The van der Waals surface area contributed by atoms with E-state index in [1.807, 2.05) is 0 Å². The highest BCUT2D eigenvalue weighted by Crippen LogP contribution is 2.37. The van der Waals surface area contributed by atoms with Crippen molar-refractivity contribution < 1.29 is 19.3 Å². The number of nitrogens with one attached hydrogen (secondary N) is 1. The lowest BCUT2D eigenvalue weighted by Gasteiger charge is -2.22. The normalized spacial score (nSPS) is 27.8. The van der Waals surface area contributed by atoms with Crippen molar-refractivity contribution in [2.45, 2.75) is 18.4 Å². The molecule has 3 rings (SSSR count). The zero-order valence-corrected chi connectivity index (χ0v) is 12.8. The van der Waals surface area contributed by atoms with Crippen molar-refractivity contribution in [3.63, 3.8) is 0 Å². The maximum atomic E-state index is 11.9. The van der Waals surface area contributed by atoms with Crippen LogP contribution in [0.15, 0.2) is 11.1 Å². The molecule has 10 nitrogen and oxygen atoms in total. The number of aliphatic hydroxyl groups excluding tert-OH is 1. The summed E-state index contributed by atoms with van der Waals surface area (Å²) in [5.74, 6) is -0.180. The molecule has 126 valence electrons. The Hall–Kier alpha value is -2.01. The highest BCUT2D eigenvalue weighted by atomic mass is 16.6. The van der Waals surface area contributed by atoms with Crippen molar-refractivity contribution in [1.82, 2.24) is 19.5 Å². The fourth-order valence-electron chi connectivity index (χ4n) is 3.00. The van der Waals surface area contributed by atoms with Gasteiger partial charge in [-0.1, -0.05) is 0 Å². The molecule has 0 radical (unpaired) electrons. The smallest absolute Gasteiger partial charge is 0.280 e. The van der Waals surface area contributed by atoms with E-state index in [0.717, 1.165) is 0 Å². The van der Waals surface area contributed by atoms with Crippen LogP contribution in [0, 0.1) is 5.92 Å². The van der Waals surface area contributed by atoms with Crippen LogP contribution in [0.25, 0.3) is 11.2 Å². The molecule has 1 aliphatic heterocycles. The maximum Gasteiger partial charge on any atom is 0.280 e. The summed E-state index contributed by atoms with van der Waals surface area (Å²) in [6, 6.07) is 0. The first-order chi connectivity index (χ1) is 11.1. The van der Waals surface area contributed by atoms with Crippen molar-refractivity contribution in [2.75, 3.05) is 33.2 Å². The van der Waals surface area contributed by atoms with E-state index in [1.54, 1.807) is 18.8 Å². The van der Waals surface area contributed by atoms with Crippen LogP contribution in [0.4, 0.5) is 5.95 Å². The summed E-state index contributed by atoms with van der Waals surface area (Å²) in [5, 5.41) is 9.54. The van der Waals surface area contributed by atoms with Gasteiger partial charge in [0.1, 0.15) is 6.10 Å². The second-order valence-corrected chi connectivity index (χ2v) is 5.34. The molecule has 2 aromatic rings. The molecule has 0 unspecified atom stereocenters. The van der Waals surface area contributed by atoms with E-state index in [4.69, 9.17) is 19.9 Å². The number of aromatic nitrogens is 4. The summed E-state index contributed by atoms with van der Waals surface area (Å²) in [6.07, 6.45) is -0.00312. The number of nitrogen functional groups attached to an aromatic ring is 1. The molecule has 3 heterocycles. The third-order valence-corrected chi connectivity index (χ3v) is 4.03. The molecule has 0 amide bonds. The van der Waals surface area contributed by atoms with Crippen LogP contribution in [0.2, 0.25) is 0 Å². The SMILES string of the molecule is COC[C@H]1[C@@H](OC)[C@H](n2cnc3c(=O)[nH]c(N)nc32)O[C@@H]1CO. The largest absolute Gasteiger partial charge is 0.394 e. The van der Waals surface area contributed by atoms with Gasteiger partial charge in [-0.2, -0.15) is 4.98 Å². The molecule has 10 heteroatoms. The molecular weight excluding hydrogens is 306 g/mol. The first-order valence-corrected chi connectivity index (χ1v) is 7.11. The van der Waals surface area contributed by atoms with E-state index < -0.39 is 24.0 Å². The van der Waals surface area contributed by atoms with Gasteiger partial charge in [-0.25, -0.2) is 4.98 Å². The number of fused-ring (bicyclic) bond motifs is 1. The number of hydrogen-bond acceptors (Lipinski definition) is 8. The number of ether oxygens (including phenoxy) is 3. The van der Waals surface area contributed by atoms with E-state index >= 15 is 0 Å². The van der Waals surface area contributed by atoms with E-state index in [0.29, 0.717) is 12.3 Å². The van der Waals surface area contributed by atoms with Crippen LogP contribution < -0.4 is 11.3 Å². The minimum Gasteiger partial charge on any atom is -0.394 e. The van der Waals surface area contributed by atoms with Gasteiger partial charge in [-0.05, 0) is 0 Å². The molecule has 1 saturated heterocycles. The number of hydrogen-bond donors (Lipinski definition) is 3. The van der Waals surface area contributed by atoms with Crippen molar-refractivity contribution >= 4 is 17.1 Å². The van der Waals surface area contributed by atoms with Crippen molar-refractivity contribution in [2.24, 2.45) is 5.92 Å². The lowest BCUT2D eigenvalue weighted by molar-refractivity contribution is -0.0583. The Morgan fingerprint density at radius 1 is 1.52 bits per heavy atom. The fourth-order valence-corrected chi connectivity index (χ4v) is 3.00. The average molecular weight is 325 g/mol. The lowest BCUT2D eigenvalue weighted by Crippen LogP contribution is -2.33. The van der Waals surface area contributed by atoms with Crippen LogP contribution in [0.1, 0.15) is 6.23 Å². The number of rotatable bonds is 5. The molecular formula is C13H19N5O5. The van der Waals surface area contributed by atoms with Crippen LogP contribution in [0.3, 0.4) is 0 Å². The minimum atomic E-state index is -0.601. The summed E-state index contributed by atoms with van der Waals surface area (Å²) in [5.41, 5.74) is 5.64. The molecule has 4 N–H and O–H groups in total. The maximum absolute atomic E-state index is 11.9. The zero-order chi connectivity index (χ0) is 16.6. The van der Waals surface area contributed by atoms with Crippen LogP contribution in [-0.2, 0) is 14.2 Å². The van der Waals surface area contributed by atoms with E-state index in [9.17, 15) is 9.90 Å². The van der Waals surface area contributed by atoms with Crippen LogP contribution in [-0.4, -0.2) is 64.3 Å². The zero-order valence-electron chi connectivity index (χ0n) is 12.8. The molecule has 0 bridgehead atoms. The Kier molecular flexibility index (Phi) is 4.31. The third kappa shape index (κ3) is 2.59. The van der Waals surface area contributed by atoms with Gasteiger partial charge >= 0.3 is 0 Å². The minimum absolute atomic E-state index is 0.0108. The molecule has 0 aliphatic carbocycles. The predicted molar refractivity (Wildman–Crippen MR) is 79.7 cm³/mol. The number of methoxy groups -OCH3 is 2. The number of nitrogens with two attached hydrogens (primary N) is 1. The average Bonchev–Trinajstić information content (AvgIpc) is 3.08.